The minimum absolute atomic E-state index is 0.0244. The van der Waals surface area contributed by atoms with Crippen molar-refractivity contribution in [1.82, 2.24) is 0 Å². The predicted octanol–water partition coefficient (Wildman–Crippen LogP) is 0.122. The fourth-order valence-electron chi connectivity index (χ4n) is 0.741. The lowest BCUT2D eigenvalue weighted by Crippen LogP contribution is -2.04. The molecule has 0 aromatic heterocycles. The van der Waals surface area contributed by atoms with E-state index in [4.69, 9.17) is 5.41 Å². The number of nitrogens with zero attached hydrogens (tertiary/aromatic N) is 1. The Morgan fingerprint density at radius 2 is 2.27 bits per heavy atom. The third kappa shape index (κ3) is 1.30. The maximum atomic E-state index is 10.6. The van der Waals surface area contributed by atoms with Crippen LogP contribution in [0.15, 0.2) is 10.6 Å². The maximum Gasteiger partial charge on any atom is 0.313 e. The van der Waals surface area contributed by atoms with Crippen LogP contribution in [0.4, 0.5) is 0 Å². The second-order valence-corrected chi connectivity index (χ2v) is 2.21. The Kier molecular flexibility index (Phi) is 1.79. The maximum absolute atomic E-state index is 10.6. The Morgan fingerprint density at radius 3 is 2.64 bits per heavy atom. The molecule has 11 heavy (non-hydrogen) atoms. The van der Waals surface area contributed by atoms with Gasteiger partial charge in [-0.15, -0.1) is 0 Å². The summed E-state index contributed by atoms with van der Waals surface area (Å²) >= 11 is 0. The summed E-state index contributed by atoms with van der Waals surface area (Å²) in [5, 5.41) is 6.71. The number of amides is 1. The summed E-state index contributed by atoms with van der Waals surface area (Å²) in [6, 6.07) is 0. The van der Waals surface area contributed by atoms with E-state index in [0.717, 1.165) is 0 Å². The minimum Gasteiger partial charge on any atom is -0.288 e. The molecule has 1 aliphatic rings. The largest absolute Gasteiger partial charge is 0.313 e. The molecule has 1 aliphatic heterocycles. The molecule has 1 rings (SSSR count). The fourth-order valence-corrected chi connectivity index (χ4v) is 0.741. The van der Waals surface area contributed by atoms with E-state index >= 15 is 0 Å². The van der Waals surface area contributed by atoms with Crippen LogP contribution in [0.5, 0.6) is 0 Å². The highest BCUT2D eigenvalue weighted by Crippen LogP contribution is 2.07. The van der Waals surface area contributed by atoms with Gasteiger partial charge in [-0.05, 0) is 12.8 Å². The molecule has 4 heteroatoms. The standard InChI is InChI=1S/C7H6N2O2/c1-4(3-8)5-2-6(10)7(11)9-5/h8H,2H2,1H3. The lowest BCUT2D eigenvalue weighted by Gasteiger charge is -1.89. The molecule has 1 amide bonds. The number of allylic oxidation sites excluding steroid dienone is 1. The molecule has 0 saturated carbocycles. The summed E-state index contributed by atoms with van der Waals surface area (Å²) in [6.07, 6.45) is 0.0244. The van der Waals surface area contributed by atoms with Crippen molar-refractivity contribution < 1.29 is 9.59 Å². The van der Waals surface area contributed by atoms with Crippen LogP contribution in [-0.4, -0.2) is 23.3 Å². The van der Waals surface area contributed by atoms with Crippen molar-refractivity contribution in [3.63, 3.8) is 0 Å². The van der Waals surface area contributed by atoms with E-state index in [1.165, 1.54) is 0 Å². The number of ketones is 1. The third-order valence-electron chi connectivity index (χ3n) is 1.42. The topological polar surface area (TPSA) is 70.3 Å². The van der Waals surface area contributed by atoms with Gasteiger partial charge in [0.25, 0.3) is 0 Å². The van der Waals surface area contributed by atoms with Crippen LogP contribution in [0.3, 0.4) is 0 Å². The molecule has 0 fully saturated rings. The summed E-state index contributed by atoms with van der Waals surface area (Å²) in [5.41, 5.74) is 0.819. The summed E-state index contributed by atoms with van der Waals surface area (Å²) < 4.78 is 0. The lowest BCUT2D eigenvalue weighted by molar-refractivity contribution is -0.134. The van der Waals surface area contributed by atoms with Gasteiger partial charge in [-0.2, -0.15) is 0 Å². The van der Waals surface area contributed by atoms with Crippen molar-refractivity contribution in [3.05, 3.63) is 5.57 Å². The first-order valence-corrected chi connectivity index (χ1v) is 3.06. The monoisotopic (exact) mass is 150 g/mol. The zero-order valence-electron chi connectivity index (χ0n) is 5.97. The second kappa shape index (κ2) is 2.60. The van der Waals surface area contributed by atoms with Crippen molar-refractivity contribution in [1.29, 1.82) is 5.41 Å². The first-order chi connectivity index (χ1) is 5.15. The van der Waals surface area contributed by atoms with E-state index in [2.05, 4.69) is 10.9 Å². The summed E-state index contributed by atoms with van der Waals surface area (Å²) in [7, 11) is 0. The van der Waals surface area contributed by atoms with E-state index in [1.807, 2.05) is 0 Å². The average Bonchev–Trinajstić information content (AvgIpc) is 2.31. The molecular weight excluding hydrogens is 144 g/mol. The van der Waals surface area contributed by atoms with Crippen LogP contribution in [0.2, 0.25) is 0 Å². The van der Waals surface area contributed by atoms with Gasteiger partial charge >= 0.3 is 5.91 Å². The normalized spacial score (nSPS) is 16.3. The smallest absolute Gasteiger partial charge is 0.288 e. The number of Topliss-reactive ketones (excluding diaryl/α,β-unsaturated/α-hetero) is 1. The first-order valence-electron chi connectivity index (χ1n) is 3.06. The molecular formula is C7H6N2O2. The molecule has 0 saturated heterocycles. The van der Waals surface area contributed by atoms with Crippen LogP contribution in [0.25, 0.3) is 0 Å². The van der Waals surface area contributed by atoms with E-state index in [0.29, 0.717) is 11.3 Å². The Morgan fingerprint density at radius 1 is 1.64 bits per heavy atom. The molecule has 0 spiro atoms. The number of hydrogen-bond donors (Lipinski definition) is 1. The number of carbonyl (C=O) groups excluding carboxylic acids is 2. The van der Waals surface area contributed by atoms with Gasteiger partial charge in [0.1, 0.15) is 0 Å². The number of hydrogen-bond acceptors (Lipinski definition) is 3. The van der Waals surface area contributed by atoms with Gasteiger partial charge in [-0.3, -0.25) is 15.0 Å². The van der Waals surface area contributed by atoms with Crippen LogP contribution in [-0.2, 0) is 9.59 Å². The highest BCUT2D eigenvalue weighted by Gasteiger charge is 2.24. The second-order valence-electron chi connectivity index (χ2n) is 2.21. The quantitative estimate of drug-likeness (QED) is 0.426. The van der Waals surface area contributed by atoms with Crippen LogP contribution in [0.1, 0.15) is 13.3 Å². The zero-order valence-corrected chi connectivity index (χ0v) is 5.97. The Balaban J connectivity index is 2.96. The molecule has 0 aliphatic carbocycles. The summed E-state index contributed by atoms with van der Waals surface area (Å²) in [6.45, 7) is 1.59. The molecule has 0 aromatic rings. The molecule has 1 N–H and O–H groups in total. The van der Waals surface area contributed by atoms with Crippen molar-refractivity contribution in [3.8, 4) is 0 Å². The summed E-state index contributed by atoms with van der Waals surface area (Å²) in [4.78, 5) is 24.7. The van der Waals surface area contributed by atoms with Crippen LogP contribution >= 0.6 is 0 Å². The molecule has 4 nitrogen and oxygen atoms in total. The molecule has 0 radical (unpaired) electrons. The van der Waals surface area contributed by atoms with Gasteiger partial charge in [-0.25, -0.2) is 4.99 Å². The van der Waals surface area contributed by atoms with Crippen molar-refractivity contribution in [2.75, 3.05) is 0 Å². The van der Waals surface area contributed by atoms with E-state index in [-0.39, 0.29) is 6.42 Å². The zero-order chi connectivity index (χ0) is 8.43. The van der Waals surface area contributed by atoms with E-state index in [9.17, 15) is 9.59 Å². The average molecular weight is 150 g/mol. The third-order valence-corrected chi connectivity index (χ3v) is 1.42. The van der Waals surface area contributed by atoms with Gasteiger partial charge in [0, 0.05) is 5.57 Å². The molecule has 0 aromatic carbocycles. The van der Waals surface area contributed by atoms with Gasteiger partial charge < -0.3 is 0 Å². The van der Waals surface area contributed by atoms with Gasteiger partial charge in [0.15, 0.2) is 0 Å². The highest BCUT2D eigenvalue weighted by atomic mass is 16.2. The predicted molar refractivity (Wildman–Crippen MR) is 39.0 cm³/mol. The van der Waals surface area contributed by atoms with Crippen molar-refractivity contribution in [2.24, 2.45) is 4.99 Å². The number of aliphatic imine (C=N–C) groups is 1. The Labute approximate surface area is 63.1 Å². The fraction of sp³-hybridized carbons (Fsp3) is 0.286. The Hall–Kier alpha value is -1.54. The van der Waals surface area contributed by atoms with Crippen molar-refractivity contribution in [2.45, 2.75) is 13.3 Å². The van der Waals surface area contributed by atoms with E-state index < -0.39 is 11.7 Å². The molecule has 0 unspecified atom stereocenters. The van der Waals surface area contributed by atoms with Crippen LogP contribution in [0, 0.1) is 5.41 Å². The SMILES string of the molecule is CC(=C=N)C1=NC(=O)C(=O)C1. The number of rotatable bonds is 1. The molecule has 0 atom stereocenters. The van der Waals surface area contributed by atoms with E-state index in [1.54, 1.807) is 6.92 Å². The molecule has 1 heterocycles. The number of carbonyl (C=O) groups is 2. The molecule has 56 valence electrons. The van der Waals surface area contributed by atoms with Crippen molar-refractivity contribution >= 4 is 23.3 Å². The molecule has 0 bridgehead atoms. The minimum atomic E-state index is -0.713. The number of nitrogens with one attached hydrogen (secondary N) is 1. The van der Waals surface area contributed by atoms with Gasteiger partial charge in [0.05, 0.1) is 12.1 Å². The summed E-state index contributed by atoms with van der Waals surface area (Å²) in [5.74, 6) is 0.861. The highest BCUT2D eigenvalue weighted by molar-refractivity contribution is 6.48. The van der Waals surface area contributed by atoms with Gasteiger partial charge in [-0.1, -0.05) is 0 Å². The Bertz CT molecular complexity index is 308. The van der Waals surface area contributed by atoms with Gasteiger partial charge in [0.2, 0.25) is 5.78 Å². The first kappa shape index (κ1) is 7.57. The lowest BCUT2D eigenvalue weighted by atomic mass is 10.1. The van der Waals surface area contributed by atoms with Crippen LogP contribution < -0.4 is 0 Å².